The predicted octanol–water partition coefficient (Wildman–Crippen LogP) is 0.382. The Morgan fingerprint density at radius 2 is 2.00 bits per heavy atom. The van der Waals surface area contributed by atoms with Gasteiger partial charge in [-0.1, -0.05) is 18.2 Å². The fraction of sp³-hybridized carbons (Fsp3) is 0.0769. The quantitative estimate of drug-likeness (QED) is 0.742. The van der Waals surface area contributed by atoms with Crippen molar-refractivity contribution in [2.75, 3.05) is 0 Å². The summed E-state index contributed by atoms with van der Waals surface area (Å²) >= 11 is 0. The summed E-state index contributed by atoms with van der Waals surface area (Å²) < 4.78 is 1.57. The summed E-state index contributed by atoms with van der Waals surface area (Å²) in [5.74, 6) is 0.282. The molecule has 2 aromatic heterocycles. The first-order chi connectivity index (χ1) is 10.3. The summed E-state index contributed by atoms with van der Waals surface area (Å²) in [5.41, 5.74) is 1.26. The van der Waals surface area contributed by atoms with Gasteiger partial charge in [0.15, 0.2) is 5.82 Å². The molecule has 1 amide bonds. The Kier molecular flexibility index (Phi) is 3.59. The fourth-order valence-corrected chi connectivity index (χ4v) is 1.77. The van der Waals surface area contributed by atoms with Crippen LogP contribution in [0.5, 0.6) is 0 Å². The molecule has 0 spiro atoms. The van der Waals surface area contributed by atoms with E-state index in [-0.39, 0.29) is 12.5 Å². The molecule has 0 bridgehead atoms. The van der Waals surface area contributed by atoms with Gasteiger partial charge < -0.3 is 5.32 Å². The Bertz CT molecular complexity index is 727. The maximum absolute atomic E-state index is 11.9. The molecule has 3 rings (SSSR count). The van der Waals surface area contributed by atoms with Crippen molar-refractivity contribution in [2.45, 2.75) is 6.54 Å². The second kappa shape index (κ2) is 5.87. The Morgan fingerprint density at radius 1 is 1.14 bits per heavy atom. The van der Waals surface area contributed by atoms with E-state index in [0.29, 0.717) is 11.4 Å². The molecular weight excluding hydrogens is 270 g/mol. The van der Waals surface area contributed by atoms with Crippen molar-refractivity contribution >= 4 is 5.91 Å². The summed E-state index contributed by atoms with van der Waals surface area (Å²) in [4.78, 5) is 11.9. The molecule has 1 aromatic carbocycles. The molecule has 0 saturated heterocycles. The molecule has 104 valence electrons. The highest BCUT2D eigenvalue weighted by atomic mass is 16.1. The number of hydrogen-bond donors (Lipinski definition) is 1. The Labute approximate surface area is 119 Å². The van der Waals surface area contributed by atoms with Crippen molar-refractivity contribution in [3.8, 4) is 5.69 Å². The summed E-state index contributed by atoms with van der Waals surface area (Å²) in [6.07, 6.45) is 2.86. The van der Waals surface area contributed by atoms with Crippen LogP contribution in [0.1, 0.15) is 16.2 Å². The van der Waals surface area contributed by atoms with E-state index in [0.717, 1.165) is 5.69 Å². The van der Waals surface area contributed by atoms with Gasteiger partial charge in [-0.15, -0.1) is 5.10 Å². The van der Waals surface area contributed by atoms with Gasteiger partial charge in [0.05, 0.1) is 30.2 Å². The number of rotatable bonds is 4. The third kappa shape index (κ3) is 2.89. The van der Waals surface area contributed by atoms with Crippen LogP contribution in [0.3, 0.4) is 0 Å². The van der Waals surface area contributed by atoms with Crippen molar-refractivity contribution in [1.29, 1.82) is 0 Å². The van der Waals surface area contributed by atoms with E-state index >= 15 is 0 Å². The van der Waals surface area contributed by atoms with Gasteiger partial charge in [0.2, 0.25) is 0 Å². The van der Waals surface area contributed by atoms with E-state index in [4.69, 9.17) is 0 Å². The number of carbonyl (C=O) groups excluding carboxylic acids is 1. The number of benzene rings is 1. The number of amides is 1. The number of para-hydroxylation sites is 1. The van der Waals surface area contributed by atoms with Crippen LogP contribution < -0.4 is 5.32 Å². The first kappa shape index (κ1) is 12.9. The Balaban J connectivity index is 1.73. The average molecular weight is 281 g/mol. The number of nitrogens with one attached hydrogen (secondary N) is 1. The molecule has 0 fully saturated rings. The average Bonchev–Trinajstić information content (AvgIpc) is 3.03. The third-order valence-electron chi connectivity index (χ3n) is 2.79. The minimum atomic E-state index is -0.257. The van der Waals surface area contributed by atoms with Crippen molar-refractivity contribution < 1.29 is 4.79 Å². The highest BCUT2D eigenvalue weighted by Gasteiger charge is 2.10. The van der Waals surface area contributed by atoms with Crippen molar-refractivity contribution in [2.24, 2.45) is 0 Å². The minimum Gasteiger partial charge on any atom is -0.345 e. The van der Waals surface area contributed by atoms with Gasteiger partial charge in [-0.2, -0.15) is 14.9 Å². The van der Waals surface area contributed by atoms with Gasteiger partial charge in [0, 0.05) is 0 Å². The zero-order valence-corrected chi connectivity index (χ0v) is 10.9. The molecule has 0 radical (unpaired) electrons. The van der Waals surface area contributed by atoms with Gasteiger partial charge >= 0.3 is 0 Å². The molecular formula is C13H11N7O. The monoisotopic (exact) mass is 281 g/mol. The maximum Gasteiger partial charge on any atom is 0.253 e. The first-order valence-corrected chi connectivity index (χ1v) is 6.22. The number of tetrazole rings is 1. The summed E-state index contributed by atoms with van der Waals surface area (Å²) in [6.45, 7) is 0.211. The molecule has 21 heavy (non-hydrogen) atoms. The lowest BCUT2D eigenvalue weighted by Gasteiger charge is -2.05. The van der Waals surface area contributed by atoms with Crippen LogP contribution in [0, 0.1) is 0 Å². The van der Waals surface area contributed by atoms with Crippen LogP contribution in [-0.2, 0) is 6.54 Å². The van der Waals surface area contributed by atoms with Gasteiger partial charge in [0.1, 0.15) is 0 Å². The second-order valence-corrected chi connectivity index (χ2v) is 4.16. The smallest absolute Gasteiger partial charge is 0.253 e. The minimum absolute atomic E-state index is 0.211. The zero-order valence-electron chi connectivity index (χ0n) is 10.9. The van der Waals surface area contributed by atoms with E-state index in [9.17, 15) is 4.79 Å². The molecule has 2 heterocycles. The van der Waals surface area contributed by atoms with Crippen LogP contribution >= 0.6 is 0 Å². The zero-order chi connectivity index (χ0) is 14.5. The van der Waals surface area contributed by atoms with Gasteiger partial charge in [-0.25, -0.2) is 0 Å². The SMILES string of the molecule is O=C(NCc1nnnn1-c1ccccc1)c1ccnnc1. The lowest BCUT2D eigenvalue weighted by atomic mass is 10.3. The Hall–Kier alpha value is -3.16. The molecule has 0 saturated carbocycles. The Morgan fingerprint density at radius 3 is 2.76 bits per heavy atom. The topological polar surface area (TPSA) is 98.5 Å². The predicted molar refractivity (Wildman–Crippen MR) is 72.4 cm³/mol. The van der Waals surface area contributed by atoms with Crippen LogP contribution in [0.2, 0.25) is 0 Å². The summed E-state index contributed by atoms with van der Waals surface area (Å²) in [7, 11) is 0. The van der Waals surface area contributed by atoms with Crippen molar-refractivity contribution in [3.05, 3.63) is 60.2 Å². The van der Waals surface area contributed by atoms with Gasteiger partial charge in [-0.05, 0) is 28.6 Å². The molecule has 3 aromatic rings. The highest BCUT2D eigenvalue weighted by Crippen LogP contribution is 2.06. The van der Waals surface area contributed by atoms with E-state index < -0.39 is 0 Å². The lowest BCUT2D eigenvalue weighted by molar-refractivity contribution is 0.0949. The standard InChI is InChI=1S/C13H11N7O/c21-13(10-6-7-15-16-8-10)14-9-12-17-18-19-20(12)11-4-2-1-3-5-11/h1-8H,9H2,(H,14,21). The van der Waals surface area contributed by atoms with Crippen molar-refractivity contribution in [1.82, 2.24) is 35.7 Å². The number of nitrogens with zero attached hydrogens (tertiary/aromatic N) is 6. The summed E-state index contributed by atoms with van der Waals surface area (Å²) in [5, 5.41) is 21.5. The van der Waals surface area contributed by atoms with E-state index in [2.05, 4.69) is 31.0 Å². The maximum atomic E-state index is 11.9. The van der Waals surface area contributed by atoms with E-state index in [1.54, 1.807) is 10.7 Å². The third-order valence-corrected chi connectivity index (χ3v) is 2.79. The molecule has 8 nitrogen and oxygen atoms in total. The largest absolute Gasteiger partial charge is 0.345 e. The molecule has 0 aliphatic heterocycles. The normalized spacial score (nSPS) is 10.3. The second-order valence-electron chi connectivity index (χ2n) is 4.16. The van der Waals surface area contributed by atoms with E-state index in [1.165, 1.54) is 12.4 Å². The first-order valence-electron chi connectivity index (χ1n) is 6.22. The highest BCUT2D eigenvalue weighted by molar-refractivity contribution is 5.93. The number of hydrogen-bond acceptors (Lipinski definition) is 6. The number of carbonyl (C=O) groups is 1. The number of aromatic nitrogens is 6. The van der Waals surface area contributed by atoms with E-state index in [1.807, 2.05) is 30.3 Å². The van der Waals surface area contributed by atoms with Crippen LogP contribution in [0.15, 0.2) is 48.8 Å². The van der Waals surface area contributed by atoms with Gasteiger partial charge in [0.25, 0.3) is 5.91 Å². The van der Waals surface area contributed by atoms with Crippen molar-refractivity contribution in [3.63, 3.8) is 0 Å². The molecule has 0 unspecified atom stereocenters. The molecule has 8 heteroatoms. The lowest BCUT2D eigenvalue weighted by Crippen LogP contribution is -2.24. The fourth-order valence-electron chi connectivity index (χ4n) is 1.77. The molecule has 0 aliphatic carbocycles. The van der Waals surface area contributed by atoms with Crippen LogP contribution in [0.4, 0.5) is 0 Å². The summed E-state index contributed by atoms with van der Waals surface area (Å²) in [6, 6.07) is 11.0. The van der Waals surface area contributed by atoms with Gasteiger partial charge in [-0.3, -0.25) is 4.79 Å². The molecule has 0 atom stereocenters. The molecule has 0 aliphatic rings. The van der Waals surface area contributed by atoms with Crippen LogP contribution in [-0.4, -0.2) is 36.3 Å². The van der Waals surface area contributed by atoms with Crippen LogP contribution in [0.25, 0.3) is 5.69 Å². The molecule has 1 N–H and O–H groups in total.